The van der Waals surface area contributed by atoms with Crippen LogP contribution < -0.4 is 20.3 Å². The smallest absolute Gasteiger partial charge is 0.281 e. The predicted molar refractivity (Wildman–Crippen MR) is 216 cm³/mol. The number of benzene rings is 3. The van der Waals surface area contributed by atoms with Crippen molar-refractivity contribution in [2.24, 2.45) is 0 Å². The van der Waals surface area contributed by atoms with E-state index in [2.05, 4.69) is 84.4 Å². The quantitative estimate of drug-likeness (QED) is 0.166. The van der Waals surface area contributed by atoms with E-state index in [1.54, 1.807) is 0 Å². The van der Waals surface area contributed by atoms with Gasteiger partial charge >= 0.3 is 0 Å². The zero-order chi connectivity index (χ0) is 38.9. The van der Waals surface area contributed by atoms with E-state index in [4.69, 9.17) is 4.98 Å². The number of aromatic nitrogens is 3. The van der Waals surface area contributed by atoms with Gasteiger partial charge in [0.05, 0.1) is 22.0 Å². The number of anilines is 3. The largest absolute Gasteiger partial charge is 0.369 e. The van der Waals surface area contributed by atoms with E-state index in [9.17, 15) is 14.4 Å². The molecule has 0 spiro atoms. The first-order chi connectivity index (χ1) is 27.0. The minimum Gasteiger partial charge on any atom is -0.369 e. The summed E-state index contributed by atoms with van der Waals surface area (Å²) in [5.41, 5.74) is 4.75. The zero-order valence-electron chi connectivity index (χ0n) is 31.4. The maximum absolute atomic E-state index is 15.2. The van der Waals surface area contributed by atoms with Gasteiger partial charge in [-0.2, -0.15) is 4.98 Å². The Bertz CT molecular complexity index is 2420. The molecule has 0 radical (unpaired) electrons. The van der Waals surface area contributed by atoms with Crippen LogP contribution in [0.25, 0.3) is 16.6 Å². The van der Waals surface area contributed by atoms with Crippen molar-refractivity contribution in [2.75, 3.05) is 54.0 Å². The van der Waals surface area contributed by atoms with Crippen molar-refractivity contribution in [3.05, 3.63) is 116 Å². The van der Waals surface area contributed by atoms with Crippen LogP contribution in [-0.2, 0) is 21.5 Å². The molecule has 2 amide bonds. The van der Waals surface area contributed by atoms with E-state index in [-0.39, 0.29) is 24.3 Å². The molecule has 0 atom stereocenters. The van der Waals surface area contributed by atoms with Crippen molar-refractivity contribution in [1.29, 1.82) is 0 Å². The highest BCUT2D eigenvalue weighted by Gasteiger charge is 2.39. The van der Waals surface area contributed by atoms with E-state index in [1.165, 1.54) is 12.1 Å². The van der Waals surface area contributed by atoms with Crippen molar-refractivity contribution >= 4 is 55.8 Å². The molecular weight excluding hydrogens is 780 g/mol. The Morgan fingerprint density at radius 3 is 2.23 bits per heavy atom. The Balaban J connectivity index is 0.815. The van der Waals surface area contributed by atoms with Gasteiger partial charge in [0.25, 0.3) is 5.56 Å². The minimum absolute atomic E-state index is 0.0421. The third-order valence-electron chi connectivity index (χ3n) is 12.1. The highest BCUT2D eigenvalue weighted by atomic mass is 79.9. The van der Waals surface area contributed by atoms with Crippen molar-refractivity contribution in [1.82, 2.24) is 19.4 Å². The van der Waals surface area contributed by atoms with Gasteiger partial charge in [0, 0.05) is 75.0 Å². The van der Waals surface area contributed by atoms with Gasteiger partial charge in [-0.3, -0.25) is 23.9 Å². The molecule has 0 bridgehead atoms. The zero-order valence-corrected chi connectivity index (χ0v) is 33.0. The first-order valence-corrected chi connectivity index (χ1v) is 20.2. The fourth-order valence-corrected chi connectivity index (χ4v) is 9.57. The second-order valence-corrected chi connectivity index (χ2v) is 16.7. The Hall–Kier alpha value is -5.01. The molecule has 13 heteroatoms. The second kappa shape index (κ2) is 14.2. The maximum Gasteiger partial charge on any atom is 0.281 e. The normalized spacial score (nSPS) is 18.8. The molecule has 0 unspecified atom stereocenters. The lowest BCUT2D eigenvalue weighted by atomic mass is 9.85. The third kappa shape index (κ3) is 6.28. The number of piperidine rings is 2. The first-order valence-electron chi connectivity index (χ1n) is 19.4. The summed E-state index contributed by atoms with van der Waals surface area (Å²) in [7, 11) is 0. The van der Waals surface area contributed by atoms with E-state index in [0.29, 0.717) is 48.2 Å². The predicted octanol–water partition coefficient (Wildman–Crippen LogP) is 7.21. The van der Waals surface area contributed by atoms with Crippen molar-refractivity contribution in [3.8, 4) is 5.69 Å². The summed E-state index contributed by atoms with van der Waals surface area (Å²) in [6.07, 6.45) is 3.95. The number of imide groups is 1. The van der Waals surface area contributed by atoms with Crippen LogP contribution in [0, 0.1) is 11.6 Å². The van der Waals surface area contributed by atoms with Crippen LogP contribution in [0.15, 0.2) is 76.1 Å². The van der Waals surface area contributed by atoms with E-state index in [1.807, 2.05) is 24.4 Å². The fraction of sp³-hybridized carbons (Fsp3) is 0.372. The number of carbonyl (C=O) groups is 2. The highest BCUT2D eigenvalue weighted by molar-refractivity contribution is 9.10. The van der Waals surface area contributed by atoms with Crippen LogP contribution >= 0.6 is 15.9 Å². The van der Waals surface area contributed by atoms with Crippen molar-refractivity contribution < 1.29 is 18.4 Å². The number of hydrogen-bond acceptors (Lipinski definition) is 8. The van der Waals surface area contributed by atoms with Crippen LogP contribution in [-0.4, -0.2) is 70.5 Å². The maximum atomic E-state index is 15.2. The third-order valence-corrected chi connectivity index (χ3v) is 12.8. The second-order valence-electron chi connectivity index (χ2n) is 15.9. The van der Waals surface area contributed by atoms with Gasteiger partial charge in [0.15, 0.2) is 11.6 Å². The summed E-state index contributed by atoms with van der Waals surface area (Å²) in [6.45, 7) is 10.0. The minimum atomic E-state index is -0.872. The Morgan fingerprint density at radius 1 is 0.839 bits per heavy atom. The molecule has 56 heavy (non-hydrogen) atoms. The fourth-order valence-electron chi connectivity index (χ4n) is 9.04. The standard InChI is InChI=1S/C43H42BrF2N7O3/c1-43(2)30-11-10-29(23-35(30)52-34-6-3-5-31(44)39(34)41(56)48-42(43)52)50-19-17-49(18-20-50)25-26-9-12-36(47-24-26)51-15-13-27(14-16-51)28-21-32(45)40(33(46)22-28)53-37(54)7-4-8-38(53)55/h3,5-6,9-12,21-24,27H,4,7-8,13-20,25H2,1-2H3. The van der Waals surface area contributed by atoms with Crippen LogP contribution in [0.5, 0.6) is 0 Å². The van der Waals surface area contributed by atoms with Gasteiger partial charge in [-0.15, -0.1) is 0 Å². The number of fused-ring (bicyclic) bond motifs is 5. The summed E-state index contributed by atoms with van der Waals surface area (Å²) in [5.74, 6) is -1.27. The number of rotatable bonds is 6. The molecule has 288 valence electrons. The lowest BCUT2D eigenvalue weighted by Crippen LogP contribution is -2.46. The number of pyridine rings is 1. The molecule has 5 aromatic rings. The molecule has 4 aliphatic heterocycles. The molecule has 6 heterocycles. The Labute approximate surface area is 331 Å². The van der Waals surface area contributed by atoms with Crippen LogP contribution in [0.1, 0.15) is 74.4 Å². The molecule has 4 aliphatic rings. The van der Waals surface area contributed by atoms with E-state index < -0.39 is 34.6 Å². The Kier molecular flexibility index (Phi) is 9.27. The molecular formula is C43H42BrF2N7O3. The van der Waals surface area contributed by atoms with Crippen molar-refractivity contribution in [2.45, 2.75) is 63.8 Å². The van der Waals surface area contributed by atoms with Gasteiger partial charge in [0.1, 0.15) is 17.3 Å². The van der Waals surface area contributed by atoms with Gasteiger partial charge in [-0.1, -0.05) is 18.2 Å². The number of halogens is 3. The highest BCUT2D eigenvalue weighted by Crippen LogP contribution is 2.44. The summed E-state index contributed by atoms with van der Waals surface area (Å²) >= 11 is 3.57. The number of nitrogens with zero attached hydrogens (tertiary/aromatic N) is 7. The molecule has 2 aromatic heterocycles. The molecule has 3 aromatic carbocycles. The van der Waals surface area contributed by atoms with Crippen LogP contribution in [0.3, 0.4) is 0 Å². The van der Waals surface area contributed by atoms with E-state index >= 15 is 8.78 Å². The average Bonchev–Trinajstić information content (AvgIpc) is 3.41. The topological polar surface area (TPSA) is 94.9 Å². The van der Waals surface area contributed by atoms with Crippen LogP contribution in [0.4, 0.5) is 26.0 Å². The van der Waals surface area contributed by atoms with E-state index in [0.717, 1.165) is 76.9 Å². The lowest BCUT2D eigenvalue weighted by Gasteiger charge is -2.36. The van der Waals surface area contributed by atoms with Crippen LogP contribution in [0.2, 0.25) is 0 Å². The van der Waals surface area contributed by atoms with Crippen molar-refractivity contribution in [3.63, 3.8) is 0 Å². The van der Waals surface area contributed by atoms with Gasteiger partial charge < -0.3 is 9.80 Å². The van der Waals surface area contributed by atoms with Gasteiger partial charge in [-0.25, -0.2) is 18.7 Å². The molecule has 0 saturated carbocycles. The molecule has 3 saturated heterocycles. The van der Waals surface area contributed by atoms with Gasteiger partial charge in [0.2, 0.25) is 11.8 Å². The number of hydrogen-bond donors (Lipinski definition) is 0. The number of carbonyl (C=O) groups excluding carboxylic acids is 2. The number of piperazine rings is 1. The summed E-state index contributed by atoms with van der Waals surface area (Å²) in [6, 6.07) is 19.2. The monoisotopic (exact) mass is 821 g/mol. The Morgan fingerprint density at radius 2 is 1.55 bits per heavy atom. The lowest BCUT2D eigenvalue weighted by molar-refractivity contribution is -0.129. The molecule has 9 rings (SSSR count). The average molecular weight is 823 g/mol. The van der Waals surface area contributed by atoms with Gasteiger partial charge in [-0.05, 0) is 114 Å². The molecule has 0 N–H and O–H groups in total. The molecule has 0 aliphatic carbocycles. The summed E-state index contributed by atoms with van der Waals surface area (Å²) in [4.78, 5) is 54.8. The summed E-state index contributed by atoms with van der Waals surface area (Å²) in [5, 5.41) is 0.591. The first kappa shape index (κ1) is 36.6. The number of amides is 2. The SMILES string of the molecule is CC1(C)c2ccc(N3CCN(Cc4ccc(N5CCC(c6cc(F)c(N7C(=O)CCCC7=O)c(F)c6)CC5)nc4)CC3)cc2-n2c1nc(=O)c1c(Br)cccc12. The molecule has 10 nitrogen and oxygen atoms in total. The summed E-state index contributed by atoms with van der Waals surface area (Å²) < 4.78 is 33.3. The molecule has 3 fully saturated rings.